The number of hydrogen-bond acceptors (Lipinski definition) is 3. The minimum absolute atomic E-state index is 0.0824. The van der Waals surface area contributed by atoms with E-state index in [0.717, 1.165) is 6.07 Å². The zero-order valence-electron chi connectivity index (χ0n) is 16.1. The van der Waals surface area contributed by atoms with Crippen LogP contribution in [0, 0.1) is 0 Å². The maximum absolute atomic E-state index is 13.3. The lowest BCUT2D eigenvalue weighted by Gasteiger charge is -2.32. The number of halogens is 6. The van der Waals surface area contributed by atoms with Crippen molar-refractivity contribution in [1.82, 2.24) is 9.97 Å². The Morgan fingerprint density at radius 3 is 1.44 bits per heavy atom. The van der Waals surface area contributed by atoms with Gasteiger partial charge in [0.2, 0.25) is 0 Å². The molecule has 4 rings (SSSR count). The van der Waals surface area contributed by atoms with Crippen LogP contribution in [0.2, 0.25) is 0 Å². The van der Waals surface area contributed by atoms with Gasteiger partial charge in [-0.05, 0) is 12.1 Å². The Morgan fingerprint density at radius 2 is 1.00 bits per heavy atom. The van der Waals surface area contributed by atoms with Gasteiger partial charge < -0.3 is 5.11 Å². The van der Waals surface area contributed by atoms with Crippen molar-refractivity contribution < 1.29 is 31.4 Å². The molecule has 9 heteroatoms. The molecule has 32 heavy (non-hydrogen) atoms. The summed E-state index contributed by atoms with van der Waals surface area (Å²) in [4.78, 5) is 8.81. The number of alkyl halides is 6. The van der Waals surface area contributed by atoms with Gasteiger partial charge in [-0.1, -0.05) is 66.7 Å². The van der Waals surface area contributed by atoms with Gasteiger partial charge in [0.1, 0.15) is 0 Å². The molecule has 1 N–H and O–H groups in total. The Hall–Kier alpha value is -3.46. The molecule has 0 fully saturated rings. The van der Waals surface area contributed by atoms with Gasteiger partial charge in [-0.3, -0.25) is 0 Å². The van der Waals surface area contributed by atoms with E-state index in [9.17, 15) is 31.4 Å². The van der Waals surface area contributed by atoms with Crippen molar-refractivity contribution in [1.29, 1.82) is 0 Å². The third kappa shape index (κ3) is 3.58. The van der Waals surface area contributed by atoms with Crippen LogP contribution in [0.3, 0.4) is 0 Å². The molecule has 0 unspecified atom stereocenters. The van der Waals surface area contributed by atoms with Crippen LogP contribution in [0.5, 0.6) is 0 Å². The van der Waals surface area contributed by atoms with E-state index in [1.54, 1.807) is 60.7 Å². The van der Waals surface area contributed by atoms with Gasteiger partial charge in [0.25, 0.3) is 5.60 Å². The van der Waals surface area contributed by atoms with Crippen LogP contribution in [0.25, 0.3) is 33.5 Å². The molecule has 1 aromatic heterocycles. The predicted octanol–water partition coefficient (Wildman–Crippen LogP) is 6.28. The maximum Gasteiger partial charge on any atom is 0.430 e. The molecule has 0 amide bonds. The summed E-state index contributed by atoms with van der Waals surface area (Å²) < 4.78 is 79.9. The lowest BCUT2D eigenvalue weighted by atomic mass is 9.91. The summed E-state index contributed by atoms with van der Waals surface area (Å²) in [5, 5.41) is 9.74. The average molecular weight is 448 g/mol. The first-order valence-corrected chi connectivity index (χ1v) is 9.31. The molecule has 0 saturated heterocycles. The molecule has 0 aliphatic carbocycles. The SMILES string of the molecule is OC(c1ccc2nc(-c3ccccc3)c(-c3ccccc3)nc2c1)(C(F)(F)F)C(F)(F)F. The Labute approximate surface area is 178 Å². The van der Waals surface area contributed by atoms with Gasteiger partial charge in [-0.15, -0.1) is 0 Å². The molecule has 3 nitrogen and oxygen atoms in total. The number of aromatic nitrogens is 2. The highest BCUT2D eigenvalue weighted by Gasteiger charge is 2.71. The molecule has 4 aromatic rings. The summed E-state index contributed by atoms with van der Waals surface area (Å²) >= 11 is 0. The van der Waals surface area contributed by atoms with E-state index < -0.39 is 23.5 Å². The topological polar surface area (TPSA) is 46.0 Å². The normalized spacial score (nSPS) is 12.8. The third-order valence-corrected chi connectivity index (χ3v) is 5.00. The molecule has 3 aromatic carbocycles. The van der Waals surface area contributed by atoms with Crippen molar-refractivity contribution in [3.05, 3.63) is 84.4 Å². The first-order chi connectivity index (χ1) is 15.0. The molecule has 0 aliphatic rings. The summed E-state index contributed by atoms with van der Waals surface area (Å²) in [5.74, 6) is 0. The lowest BCUT2D eigenvalue weighted by Crippen LogP contribution is -2.53. The van der Waals surface area contributed by atoms with Crippen molar-refractivity contribution in [2.45, 2.75) is 18.0 Å². The zero-order chi connectivity index (χ0) is 23.1. The number of hydrogen-bond donors (Lipinski definition) is 1. The molecule has 0 radical (unpaired) electrons. The van der Waals surface area contributed by atoms with Crippen LogP contribution in [-0.4, -0.2) is 27.4 Å². The molecule has 164 valence electrons. The molecular weight excluding hydrogens is 434 g/mol. The van der Waals surface area contributed by atoms with Crippen LogP contribution in [0.15, 0.2) is 78.9 Å². The number of nitrogens with zero attached hydrogens (tertiary/aromatic N) is 2. The van der Waals surface area contributed by atoms with Crippen molar-refractivity contribution in [3.63, 3.8) is 0 Å². The van der Waals surface area contributed by atoms with Crippen molar-refractivity contribution in [2.75, 3.05) is 0 Å². The molecule has 0 atom stereocenters. The number of benzene rings is 3. The Kier molecular flexibility index (Phi) is 5.16. The highest BCUT2D eigenvalue weighted by atomic mass is 19.4. The summed E-state index contributed by atoms with van der Waals surface area (Å²) in [7, 11) is 0. The van der Waals surface area contributed by atoms with Gasteiger partial charge in [-0.2, -0.15) is 26.3 Å². The fourth-order valence-corrected chi connectivity index (χ4v) is 3.36. The van der Waals surface area contributed by atoms with Crippen molar-refractivity contribution in [2.24, 2.45) is 0 Å². The van der Waals surface area contributed by atoms with Crippen molar-refractivity contribution >= 4 is 11.0 Å². The quantitative estimate of drug-likeness (QED) is 0.376. The average Bonchev–Trinajstić information content (AvgIpc) is 2.77. The summed E-state index contributed by atoms with van der Waals surface area (Å²) in [6.07, 6.45) is -12.0. The molecule has 0 spiro atoms. The molecule has 0 saturated carbocycles. The standard InChI is InChI=1S/C23H14F6N2O/c24-22(25,26)21(32,23(27,28)29)16-11-12-17-18(13-16)31-20(15-9-5-2-6-10-15)19(30-17)14-7-3-1-4-8-14/h1-13,32H. The third-order valence-electron chi connectivity index (χ3n) is 5.00. The molecule has 0 aliphatic heterocycles. The monoisotopic (exact) mass is 448 g/mol. The van der Waals surface area contributed by atoms with Crippen LogP contribution < -0.4 is 0 Å². The van der Waals surface area contributed by atoms with E-state index >= 15 is 0 Å². The van der Waals surface area contributed by atoms with Crippen LogP contribution in [0.4, 0.5) is 26.3 Å². The van der Waals surface area contributed by atoms with Crippen LogP contribution in [-0.2, 0) is 5.60 Å². The van der Waals surface area contributed by atoms with Gasteiger partial charge in [0, 0.05) is 16.7 Å². The molecular formula is C23H14F6N2O. The minimum Gasteiger partial charge on any atom is -0.369 e. The first kappa shape index (κ1) is 21.8. The second-order valence-electron chi connectivity index (χ2n) is 7.06. The largest absolute Gasteiger partial charge is 0.430 e. The molecule has 1 heterocycles. The summed E-state index contributed by atoms with van der Waals surface area (Å²) in [5.41, 5.74) is -4.61. The van der Waals surface area contributed by atoms with Gasteiger partial charge >= 0.3 is 12.4 Å². The molecule has 0 bridgehead atoms. The van der Waals surface area contributed by atoms with E-state index in [1.807, 2.05) is 0 Å². The fraction of sp³-hybridized carbons (Fsp3) is 0.130. The van der Waals surface area contributed by atoms with Gasteiger partial charge in [-0.25, -0.2) is 9.97 Å². The van der Waals surface area contributed by atoms with E-state index in [4.69, 9.17) is 0 Å². The smallest absolute Gasteiger partial charge is 0.369 e. The predicted molar refractivity (Wildman–Crippen MR) is 106 cm³/mol. The summed E-state index contributed by atoms with van der Waals surface area (Å²) in [6.45, 7) is 0. The van der Waals surface area contributed by atoms with E-state index in [2.05, 4.69) is 9.97 Å². The van der Waals surface area contributed by atoms with Crippen LogP contribution >= 0.6 is 0 Å². The number of fused-ring (bicyclic) bond motifs is 1. The lowest BCUT2D eigenvalue weighted by molar-refractivity contribution is -0.376. The van der Waals surface area contributed by atoms with Gasteiger partial charge in [0.05, 0.1) is 22.4 Å². The minimum atomic E-state index is -5.99. The Bertz CT molecular complexity index is 1240. The van der Waals surface area contributed by atoms with Gasteiger partial charge in [0.15, 0.2) is 0 Å². The zero-order valence-corrected chi connectivity index (χ0v) is 16.1. The highest BCUT2D eigenvalue weighted by Crippen LogP contribution is 2.50. The summed E-state index contributed by atoms with van der Waals surface area (Å²) in [6, 6.07) is 19.6. The Balaban J connectivity index is 1.99. The van der Waals surface area contributed by atoms with E-state index in [0.29, 0.717) is 29.0 Å². The maximum atomic E-state index is 13.3. The van der Waals surface area contributed by atoms with E-state index in [1.165, 1.54) is 0 Å². The number of aliphatic hydroxyl groups is 1. The van der Waals surface area contributed by atoms with Crippen LogP contribution in [0.1, 0.15) is 5.56 Å². The number of rotatable bonds is 3. The first-order valence-electron chi connectivity index (χ1n) is 9.31. The van der Waals surface area contributed by atoms with E-state index in [-0.39, 0.29) is 16.7 Å². The second-order valence-corrected chi connectivity index (χ2v) is 7.06. The Morgan fingerprint density at radius 1 is 0.562 bits per heavy atom. The highest BCUT2D eigenvalue weighted by molar-refractivity contribution is 5.86. The van der Waals surface area contributed by atoms with Crippen molar-refractivity contribution in [3.8, 4) is 22.5 Å². The fourth-order valence-electron chi connectivity index (χ4n) is 3.36. The second kappa shape index (κ2) is 7.59.